The molecule has 0 aliphatic rings. The van der Waals surface area contributed by atoms with Crippen LogP contribution in [0.4, 0.5) is 5.69 Å². The van der Waals surface area contributed by atoms with Gasteiger partial charge in [0, 0.05) is 18.6 Å². The Labute approximate surface area is 117 Å². The summed E-state index contributed by atoms with van der Waals surface area (Å²) in [5, 5.41) is 2.80. The minimum atomic E-state index is -0.0656. The fraction of sp³-hybridized carbons (Fsp3) is 0.125. The van der Waals surface area contributed by atoms with E-state index < -0.39 is 0 Å². The van der Waals surface area contributed by atoms with Gasteiger partial charge in [-0.1, -0.05) is 30.3 Å². The fourth-order valence-corrected chi connectivity index (χ4v) is 2.39. The van der Waals surface area contributed by atoms with Crippen LogP contribution in [0.3, 0.4) is 0 Å². The molecule has 0 saturated heterocycles. The maximum atomic E-state index is 11.1. The summed E-state index contributed by atoms with van der Waals surface area (Å²) >= 11 is 0. The third-order valence-electron chi connectivity index (χ3n) is 3.31. The first-order chi connectivity index (χ1) is 9.65. The number of fused-ring (bicyclic) bond motifs is 1. The number of nitrogens with one attached hydrogen (secondary N) is 1. The highest BCUT2D eigenvalue weighted by atomic mass is 16.1. The van der Waals surface area contributed by atoms with Crippen molar-refractivity contribution in [2.24, 2.45) is 7.05 Å². The first-order valence-corrected chi connectivity index (χ1v) is 6.49. The van der Waals surface area contributed by atoms with Gasteiger partial charge in [0.25, 0.3) is 5.65 Å². The molecule has 3 rings (SSSR count). The number of anilines is 1. The molecule has 1 aromatic carbocycles. The zero-order chi connectivity index (χ0) is 14.1. The third-order valence-corrected chi connectivity index (χ3v) is 3.31. The number of hydrogen-bond acceptors (Lipinski definition) is 1. The van der Waals surface area contributed by atoms with Crippen LogP contribution >= 0.6 is 0 Å². The smallest absolute Gasteiger partial charge is 0.286 e. The standard InChI is InChI=1S/C16H15N3O/c1-12(20)17-14-8-9-16-18(2)15(11-19(16)10-14)13-6-4-3-5-7-13/h3-11H,1-2H3/p+1. The van der Waals surface area contributed by atoms with E-state index in [0.717, 1.165) is 17.0 Å². The number of hydrogen-bond donors (Lipinski definition) is 1. The summed E-state index contributed by atoms with van der Waals surface area (Å²) in [4.78, 5) is 11.1. The molecule has 0 bridgehead atoms. The lowest BCUT2D eigenvalue weighted by atomic mass is 10.2. The maximum absolute atomic E-state index is 11.1. The Hall–Kier alpha value is -2.62. The number of pyridine rings is 1. The first kappa shape index (κ1) is 12.4. The van der Waals surface area contributed by atoms with E-state index in [9.17, 15) is 4.79 Å². The van der Waals surface area contributed by atoms with Gasteiger partial charge in [0.1, 0.15) is 12.4 Å². The molecule has 0 aliphatic carbocycles. The van der Waals surface area contributed by atoms with Crippen molar-refractivity contribution in [3.63, 3.8) is 0 Å². The largest absolute Gasteiger partial charge is 0.323 e. The van der Waals surface area contributed by atoms with Crippen LogP contribution in [0.1, 0.15) is 6.92 Å². The van der Waals surface area contributed by atoms with Gasteiger partial charge in [0.2, 0.25) is 5.91 Å². The molecule has 0 saturated carbocycles. The molecule has 20 heavy (non-hydrogen) atoms. The fourth-order valence-electron chi connectivity index (χ4n) is 2.39. The Bertz CT molecular complexity index is 775. The average molecular weight is 266 g/mol. The van der Waals surface area contributed by atoms with Crippen LogP contribution in [0.25, 0.3) is 16.9 Å². The number of rotatable bonds is 2. The van der Waals surface area contributed by atoms with Crippen molar-refractivity contribution >= 4 is 17.2 Å². The molecule has 0 unspecified atom stereocenters. The van der Waals surface area contributed by atoms with Crippen molar-refractivity contribution in [3.8, 4) is 11.3 Å². The average Bonchev–Trinajstić information content (AvgIpc) is 2.76. The van der Waals surface area contributed by atoms with E-state index in [1.807, 2.05) is 48.0 Å². The Morgan fingerprint density at radius 1 is 1.10 bits per heavy atom. The molecular formula is C16H16N3O+. The molecule has 4 nitrogen and oxygen atoms in total. The Morgan fingerprint density at radius 2 is 1.85 bits per heavy atom. The van der Waals surface area contributed by atoms with Crippen molar-refractivity contribution in [3.05, 3.63) is 54.9 Å². The third kappa shape index (κ3) is 2.16. The highest BCUT2D eigenvalue weighted by Crippen LogP contribution is 2.19. The van der Waals surface area contributed by atoms with Crippen molar-refractivity contribution in [1.29, 1.82) is 0 Å². The number of amides is 1. The van der Waals surface area contributed by atoms with Crippen molar-refractivity contribution in [2.75, 3.05) is 5.32 Å². The van der Waals surface area contributed by atoms with E-state index in [1.54, 1.807) is 0 Å². The molecule has 0 radical (unpaired) electrons. The molecular weight excluding hydrogens is 250 g/mol. The van der Waals surface area contributed by atoms with Gasteiger partial charge in [0.05, 0.1) is 12.7 Å². The molecule has 3 aromatic rings. The molecule has 2 heterocycles. The number of carbonyl (C=O) groups is 1. The number of carbonyl (C=O) groups excluding carboxylic acids is 1. The van der Waals surface area contributed by atoms with Crippen LogP contribution in [-0.2, 0) is 11.8 Å². The van der Waals surface area contributed by atoms with Gasteiger partial charge < -0.3 is 5.32 Å². The lowest BCUT2D eigenvalue weighted by Gasteiger charge is -1.99. The number of aromatic nitrogens is 2. The van der Waals surface area contributed by atoms with Gasteiger partial charge in [-0.25, -0.2) is 8.97 Å². The molecule has 0 spiro atoms. The molecule has 1 N–H and O–H groups in total. The monoisotopic (exact) mass is 266 g/mol. The SMILES string of the molecule is CC(=O)Nc1ccc2n(C)c(-c3ccccc3)c[n+]2c1. The zero-order valence-corrected chi connectivity index (χ0v) is 11.5. The van der Waals surface area contributed by atoms with E-state index in [1.165, 1.54) is 12.5 Å². The van der Waals surface area contributed by atoms with Crippen LogP contribution in [0.15, 0.2) is 54.9 Å². The summed E-state index contributed by atoms with van der Waals surface area (Å²) < 4.78 is 4.15. The van der Waals surface area contributed by atoms with Crippen LogP contribution in [0.5, 0.6) is 0 Å². The Balaban J connectivity index is 2.12. The summed E-state index contributed by atoms with van der Waals surface area (Å²) in [6.45, 7) is 1.51. The predicted octanol–water partition coefficient (Wildman–Crippen LogP) is 2.39. The Morgan fingerprint density at radius 3 is 2.55 bits per heavy atom. The van der Waals surface area contributed by atoms with Crippen molar-refractivity contribution in [2.45, 2.75) is 6.92 Å². The molecule has 2 aromatic heterocycles. The lowest BCUT2D eigenvalue weighted by molar-refractivity contribution is -0.509. The van der Waals surface area contributed by atoms with Gasteiger partial charge in [0.15, 0.2) is 5.69 Å². The van der Waals surface area contributed by atoms with Gasteiger partial charge in [-0.3, -0.25) is 4.79 Å². The zero-order valence-electron chi connectivity index (χ0n) is 11.5. The maximum Gasteiger partial charge on any atom is 0.286 e. The van der Waals surface area contributed by atoms with Crippen molar-refractivity contribution < 1.29 is 9.20 Å². The van der Waals surface area contributed by atoms with Crippen LogP contribution in [0.2, 0.25) is 0 Å². The van der Waals surface area contributed by atoms with Gasteiger partial charge in [-0.15, -0.1) is 0 Å². The molecule has 0 fully saturated rings. The van der Waals surface area contributed by atoms with E-state index in [4.69, 9.17) is 0 Å². The van der Waals surface area contributed by atoms with Crippen LogP contribution < -0.4 is 9.72 Å². The minimum Gasteiger partial charge on any atom is -0.323 e. The first-order valence-electron chi connectivity index (χ1n) is 6.49. The number of imidazole rings is 1. The van der Waals surface area contributed by atoms with Gasteiger partial charge in [-0.2, -0.15) is 0 Å². The van der Waals surface area contributed by atoms with Gasteiger partial charge >= 0.3 is 0 Å². The second kappa shape index (κ2) is 4.81. The molecule has 4 heteroatoms. The number of nitrogens with zero attached hydrogens (tertiary/aromatic N) is 2. The summed E-state index contributed by atoms with van der Waals surface area (Å²) in [6, 6.07) is 14.1. The molecule has 0 aliphatic heterocycles. The number of aryl methyl sites for hydroxylation is 1. The number of benzene rings is 1. The quantitative estimate of drug-likeness (QED) is 0.711. The van der Waals surface area contributed by atoms with Crippen molar-refractivity contribution in [1.82, 2.24) is 4.57 Å². The lowest BCUT2D eigenvalue weighted by Crippen LogP contribution is -2.20. The predicted molar refractivity (Wildman–Crippen MR) is 78.3 cm³/mol. The summed E-state index contributed by atoms with van der Waals surface area (Å²) in [5.74, 6) is -0.0656. The molecule has 100 valence electrons. The van der Waals surface area contributed by atoms with E-state index >= 15 is 0 Å². The topological polar surface area (TPSA) is 38.1 Å². The normalized spacial score (nSPS) is 10.7. The van der Waals surface area contributed by atoms with E-state index in [-0.39, 0.29) is 5.91 Å². The minimum absolute atomic E-state index is 0.0656. The highest BCUT2D eigenvalue weighted by molar-refractivity contribution is 5.88. The van der Waals surface area contributed by atoms with Gasteiger partial charge in [-0.05, 0) is 6.07 Å². The molecule has 1 amide bonds. The summed E-state index contributed by atoms with van der Waals surface area (Å²) in [7, 11) is 2.04. The van der Waals surface area contributed by atoms with E-state index in [0.29, 0.717) is 0 Å². The Kier molecular flexibility index (Phi) is 2.99. The molecule has 0 atom stereocenters. The van der Waals surface area contributed by atoms with Crippen LogP contribution in [-0.4, -0.2) is 10.5 Å². The second-order valence-electron chi connectivity index (χ2n) is 4.80. The summed E-state index contributed by atoms with van der Waals surface area (Å²) in [6.07, 6.45) is 3.99. The van der Waals surface area contributed by atoms with Crippen LogP contribution in [0, 0.1) is 0 Å². The highest BCUT2D eigenvalue weighted by Gasteiger charge is 2.16. The summed E-state index contributed by atoms with van der Waals surface area (Å²) in [5.41, 5.74) is 4.16. The second-order valence-corrected chi connectivity index (χ2v) is 4.80. The van der Waals surface area contributed by atoms with E-state index in [2.05, 4.69) is 28.2 Å².